The summed E-state index contributed by atoms with van der Waals surface area (Å²) in [6.07, 6.45) is 14.3. The maximum atomic E-state index is 6.26. The maximum Gasteiger partial charge on any atom is 0.494 e. The first-order chi connectivity index (χ1) is 46.9. The van der Waals surface area contributed by atoms with Crippen molar-refractivity contribution in [2.24, 2.45) is 0 Å². The van der Waals surface area contributed by atoms with Gasteiger partial charge in [-0.05, 0) is 187 Å². The number of nitrogens with zero attached hydrogens (tertiary/aromatic N) is 8. The Hall–Kier alpha value is -10.6. The van der Waals surface area contributed by atoms with Crippen LogP contribution in [0.25, 0.3) is 141 Å². The highest BCUT2D eigenvalue weighted by atomic mass is 79.9. The summed E-state index contributed by atoms with van der Waals surface area (Å²) >= 11 is 7.15. The van der Waals surface area contributed by atoms with Crippen molar-refractivity contribution < 1.29 is 9.31 Å². The zero-order chi connectivity index (χ0) is 65.2. The third-order valence-electron chi connectivity index (χ3n) is 17.6. The van der Waals surface area contributed by atoms with Gasteiger partial charge in [-0.1, -0.05) is 127 Å². The summed E-state index contributed by atoms with van der Waals surface area (Å²) in [5, 5.41) is 5.26. The number of thiophene rings is 2. The molecule has 0 atom stereocenters. The summed E-state index contributed by atoms with van der Waals surface area (Å²) in [4.78, 5) is 36.2. The molecule has 10 aromatic heterocycles. The van der Waals surface area contributed by atoms with E-state index in [-0.39, 0.29) is 18.3 Å². The molecule has 10 nitrogen and oxygen atoms in total. The number of fused-ring (bicyclic) bond motifs is 6. The summed E-state index contributed by atoms with van der Waals surface area (Å²) in [6, 6.07) is 83.9. The van der Waals surface area contributed by atoms with E-state index in [0.29, 0.717) is 0 Å². The van der Waals surface area contributed by atoms with Gasteiger partial charge in [0, 0.05) is 129 Å². The van der Waals surface area contributed by atoms with Crippen molar-refractivity contribution in [2.75, 3.05) is 0 Å². The average Bonchev–Trinajstić information content (AvgIpc) is 1.52. The molecular formula is C82H60BBrN8O2S2. The van der Waals surface area contributed by atoms with Gasteiger partial charge < -0.3 is 9.31 Å². The zero-order valence-electron chi connectivity index (χ0n) is 52.9. The van der Waals surface area contributed by atoms with Crippen LogP contribution in [-0.4, -0.2) is 58.2 Å². The van der Waals surface area contributed by atoms with E-state index >= 15 is 0 Å². The molecule has 0 bridgehead atoms. The molecule has 0 aliphatic carbocycles. The number of hydrogen-bond acceptors (Lipinski definition) is 12. The van der Waals surface area contributed by atoms with Gasteiger partial charge >= 0.3 is 7.12 Å². The monoisotopic (exact) mass is 1340 g/mol. The molecule has 462 valence electrons. The summed E-state index contributed by atoms with van der Waals surface area (Å²) in [7, 11) is -0.341. The lowest BCUT2D eigenvalue weighted by Crippen LogP contribution is -2.41. The third-order valence-corrected chi connectivity index (χ3v) is 20.5. The Labute approximate surface area is 573 Å². The molecule has 0 unspecified atom stereocenters. The van der Waals surface area contributed by atoms with E-state index in [0.717, 1.165) is 88.9 Å². The molecule has 0 spiro atoms. The second-order valence-electron chi connectivity index (χ2n) is 24.3. The van der Waals surface area contributed by atoms with Crippen LogP contribution in [0.3, 0.4) is 0 Å². The van der Waals surface area contributed by atoms with Gasteiger partial charge in [0.2, 0.25) is 0 Å². The van der Waals surface area contributed by atoms with E-state index < -0.39 is 0 Å². The first kappa shape index (κ1) is 61.6. The van der Waals surface area contributed by atoms with Crippen LogP contribution < -0.4 is 5.46 Å². The van der Waals surface area contributed by atoms with Crippen LogP contribution in [-0.2, 0) is 9.31 Å². The van der Waals surface area contributed by atoms with Crippen LogP contribution in [0.15, 0.2) is 297 Å². The summed E-state index contributed by atoms with van der Waals surface area (Å²) in [6.45, 7) is 8.37. The lowest BCUT2D eigenvalue weighted by atomic mass is 9.78. The number of halogens is 1. The first-order valence-electron chi connectivity index (χ1n) is 31.6. The van der Waals surface area contributed by atoms with Gasteiger partial charge in [0.05, 0.1) is 51.1 Å². The normalized spacial score (nSPS) is 13.1. The Morgan fingerprint density at radius 1 is 0.312 bits per heavy atom. The van der Waals surface area contributed by atoms with Crippen LogP contribution in [0.2, 0.25) is 0 Å². The van der Waals surface area contributed by atoms with E-state index in [1.54, 1.807) is 43.4 Å². The van der Waals surface area contributed by atoms with Gasteiger partial charge in [-0.25, -0.2) is 19.9 Å². The molecule has 17 rings (SSSR count). The minimum Gasteiger partial charge on any atom is -0.399 e. The Kier molecular flexibility index (Phi) is 17.1. The standard InChI is InChI=1S/C38H24N4S.C24H23BO2S.C20H13BrN4/c1-2-13-37-31(8-1)32-10-4-9-30(38(32)43-37)27-6-3-7-28(22-27)33-11-5-12-34(41-33)29-23-35(25-14-18-39-19-15-25)42-36(24-29)26-16-20-40-21-17-26;1-23(2)24(3,4)27-25(26-23)17-10-7-9-16(15-17)18-12-8-13-20-19-11-5-6-14-21(19)28-22(18)20;21-20-5-1-4-17(25-20)16-11-18(14-6-9-22-10-7-14)24-19(12-16)15-3-2-8-23-13-15/h1-24H;5-15H,1-4H3;1-13H. The minimum absolute atomic E-state index is 0.334. The molecule has 16 aromatic rings. The maximum absolute atomic E-state index is 6.26. The van der Waals surface area contributed by atoms with Gasteiger partial charge in [0.15, 0.2) is 0 Å². The molecule has 0 saturated carbocycles. The van der Waals surface area contributed by atoms with Crippen LogP contribution in [0.5, 0.6) is 0 Å². The number of hydrogen-bond donors (Lipinski definition) is 0. The average molecular weight is 1340 g/mol. The van der Waals surface area contributed by atoms with Gasteiger partial charge in [-0.3, -0.25) is 19.9 Å². The SMILES string of the molecule is Brc1cccc(-c2cc(-c3ccncc3)nc(-c3cccnc3)c2)n1.CC1(C)OB(c2cccc(-c3cccc4c3sc3ccccc34)c2)OC1(C)C.c1cc(-c2cccc(-c3cc(-c4ccncc4)nc(-c4ccncc4)c3)n2)cc(-c2cccc3c2sc2ccccc23)c1. The van der Waals surface area contributed by atoms with Crippen molar-refractivity contribution in [2.45, 2.75) is 38.9 Å². The fourth-order valence-electron chi connectivity index (χ4n) is 12.0. The van der Waals surface area contributed by atoms with Gasteiger partial charge in [0.25, 0.3) is 0 Å². The van der Waals surface area contributed by atoms with E-state index in [1.807, 2.05) is 108 Å². The second-order valence-corrected chi connectivity index (χ2v) is 27.2. The number of aromatic nitrogens is 8. The van der Waals surface area contributed by atoms with E-state index in [2.05, 4.69) is 232 Å². The largest absolute Gasteiger partial charge is 0.494 e. The number of pyridine rings is 8. The van der Waals surface area contributed by atoms with Crippen LogP contribution in [0, 0.1) is 0 Å². The molecule has 11 heterocycles. The van der Waals surface area contributed by atoms with Crippen molar-refractivity contribution in [1.29, 1.82) is 0 Å². The first-order valence-corrected chi connectivity index (χ1v) is 34.0. The highest BCUT2D eigenvalue weighted by Gasteiger charge is 2.51. The van der Waals surface area contributed by atoms with E-state index in [1.165, 1.54) is 62.6 Å². The highest BCUT2D eigenvalue weighted by molar-refractivity contribution is 9.10. The molecule has 96 heavy (non-hydrogen) atoms. The lowest BCUT2D eigenvalue weighted by molar-refractivity contribution is 0.00578. The van der Waals surface area contributed by atoms with Gasteiger partial charge in [-0.15, -0.1) is 22.7 Å². The smallest absolute Gasteiger partial charge is 0.399 e. The predicted octanol–water partition coefficient (Wildman–Crippen LogP) is 21.0. The predicted molar refractivity (Wildman–Crippen MR) is 400 cm³/mol. The van der Waals surface area contributed by atoms with Gasteiger partial charge in [-0.2, -0.15) is 0 Å². The van der Waals surface area contributed by atoms with E-state index in [9.17, 15) is 0 Å². The molecular weight excluding hydrogens is 1280 g/mol. The molecule has 1 aliphatic heterocycles. The van der Waals surface area contributed by atoms with Crippen LogP contribution in [0.1, 0.15) is 27.7 Å². The molecule has 0 amide bonds. The molecule has 0 radical (unpaired) electrons. The molecule has 1 fully saturated rings. The van der Waals surface area contributed by atoms with Gasteiger partial charge in [0.1, 0.15) is 4.60 Å². The Balaban J connectivity index is 0.000000124. The van der Waals surface area contributed by atoms with Crippen molar-refractivity contribution in [3.63, 3.8) is 0 Å². The lowest BCUT2D eigenvalue weighted by Gasteiger charge is -2.32. The number of benzene rings is 6. The Morgan fingerprint density at radius 2 is 0.719 bits per heavy atom. The molecule has 6 aromatic carbocycles. The molecule has 1 saturated heterocycles. The van der Waals surface area contributed by atoms with Crippen molar-refractivity contribution >= 4 is 91.5 Å². The Bertz CT molecular complexity index is 5350. The number of rotatable bonds is 10. The molecule has 1 aliphatic rings. The third kappa shape index (κ3) is 12.8. The van der Waals surface area contributed by atoms with Crippen molar-refractivity contribution in [3.05, 3.63) is 297 Å². The zero-order valence-corrected chi connectivity index (χ0v) is 56.1. The summed E-state index contributed by atoms with van der Waals surface area (Å²) in [5.74, 6) is 0. The van der Waals surface area contributed by atoms with Crippen molar-refractivity contribution in [3.8, 4) is 101 Å². The Morgan fingerprint density at radius 3 is 1.23 bits per heavy atom. The minimum atomic E-state index is -0.341. The molecule has 14 heteroatoms. The van der Waals surface area contributed by atoms with Crippen molar-refractivity contribution in [1.82, 2.24) is 39.9 Å². The molecule has 0 N–H and O–H groups in total. The summed E-state index contributed by atoms with van der Waals surface area (Å²) < 4.78 is 18.6. The quantitative estimate of drug-likeness (QED) is 0.0966. The fourth-order valence-corrected chi connectivity index (χ4v) is 14.8. The van der Waals surface area contributed by atoms with E-state index in [4.69, 9.17) is 24.3 Å². The fraction of sp³-hybridized carbons (Fsp3) is 0.0732. The summed E-state index contributed by atoms with van der Waals surface area (Å²) in [5.41, 5.74) is 18.5. The topological polar surface area (TPSA) is 122 Å². The highest BCUT2D eigenvalue weighted by Crippen LogP contribution is 2.43. The second kappa shape index (κ2) is 26.7. The van der Waals surface area contributed by atoms with Crippen LogP contribution >= 0.6 is 38.6 Å². The van der Waals surface area contributed by atoms with Crippen LogP contribution in [0.4, 0.5) is 0 Å².